The van der Waals surface area contributed by atoms with Crippen molar-refractivity contribution in [3.63, 3.8) is 0 Å². The Morgan fingerprint density at radius 3 is 2.87 bits per heavy atom. The Kier molecular flexibility index (Phi) is 4.52. The largest absolute Gasteiger partial charge is 0.506 e. The molecule has 0 radical (unpaired) electrons. The summed E-state index contributed by atoms with van der Waals surface area (Å²) >= 11 is 0. The summed E-state index contributed by atoms with van der Waals surface area (Å²) in [6.45, 7) is 4.57. The number of aromatic nitrogens is 1. The zero-order valence-corrected chi connectivity index (χ0v) is 9.20. The van der Waals surface area contributed by atoms with Crippen molar-refractivity contribution in [1.82, 2.24) is 10.3 Å². The fourth-order valence-electron chi connectivity index (χ4n) is 1.30. The van der Waals surface area contributed by atoms with Gasteiger partial charge in [0.05, 0.1) is 5.69 Å². The lowest BCUT2D eigenvalue weighted by molar-refractivity contribution is 0.268. The number of aromatic hydroxyl groups is 1. The quantitative estimate of drug-likeness (QED) is 0.677. The molecule has 0 unspecified atom stereocenters. The van der Waals surface area contributed by atoms with E-state index >= 15 is 0 Å². The van der Waals surface area contributed by atoms with E-state index < -0.39 is 0 Å². The summed E-state index contributed by atoms with van der Waals surface area (Å²) in [7, 11) is 0. The number of aryl methyl sites for hydroxylation is 1. The van der Waals surface area contributed by atoms with E-state index in [0.29, 0.717) is 18.7 Å². The van der Waals surface area contributed by atoms with Gasteiger partial charge in [0.15, 0.2) is 0 Å². The van der Waals surface area contributed by atoms with Gasteiger partial charge in [0, 0.05) is 24.9 Å². The second-order valence-corrected chi connectivity index (χ2v) is 3.71. The predicted octanol–water partition coefficient (Wildman–Crippen LogP) is 0.956. The second kappa shape index (κ2) is 5.68. The van der Waals surface area contributed by atoms with E-state index in [-0.39, 0.29) is 18.4 Å². The number of rotatable bonds is 5. The molecule has 0 bridgehead atoms. The van der Waals surface area contributed by atoms with E-state index in [0.717, 1.165) is 5.69 Å². The topological polar surface area (TPSA) is 65.4 Å². The first-order chi connectivity index (χ1) is 7.13. The number of nitrogens with zero attached hydrogens (tertiary/aromatic N) is 1. The van der Waals surface area contributed by atoms with Gasteiger partial charge in [0.2, 0.25) is 0 Å². The molecular weight excluding hydrogens is 192 g/mol. The van der Waals surface area contributed by atoms with Gasteiger partial charge in [-0.15, -0.1) is 0 Å². The minimum atomic E-state index is 0.168. The highest BCUT2D eigenvalue weighted by Crippen LogP contribution is 2.14. The molecule has 1 aromatic heterocycles. The molecule has 0 aliphatic heterocycles. The molecule has 0 saturated carbocycles. The Labute approximate surface area is 90.0 Å². The van der Waals surface area contributed by atoms with Crippen LogP contribution in [0.4, 0.5) is 0 Å². The molecule has 84 valence electrons. The number of aliphatic hydroxyl groups is 1. The number of nitrogens with one attached hydrogen (secondary N) is 1. The summed E-state index contributed by atoms with van der Waals surface area (Å²) in [6, 6.07) is 3.64. The third-order valence-electron chi connectivity index (χ3n) is 2.27. The summed E-state index contributed by atoms with van der Waals surface area (Å²) in [6.07, 6.45) is 0.701. The number of aliphatic hydroxyl groups excluding tert-OH is 1. The highest BCUT2D eigenvalue weighted by atomic mass is 16.3. The molecule has 1 aromatic rings. The van der Waals surface area contributed by atoms with E-state index in [2.05, 4.69) is 10.3 Å². The molecule has 1 heterocycles. The lowest BCUT2D eigenvalue weighted by Crippen LogP contribution is -2.26. The molecule has 0 saturated heterocycles. The summed E-state index contributed by atoms with van der Waals surface area (Å²) in [5.74, 6) is 0.212. The molecule has 0 aliphatic carbocycles. The maximum atomic E-state index is 9.53. The molecule has 15 heavy (non-hydrogen) atoms. The third-order valence-corrected chi connectivity index (χ3v) is 2.27. The van der Waals surface area contributed by atoms with Crippen molar-refractivity contribution in [1.29, 1.82) is 0 Å². The fraction of sp³-hybridized carbons (Fsp3) is 0.545. The Bertz CT molecular complexity index is 315. The molecule has 4 heteroatoms. The maximum absolute atomic E-state index is 9.53. The van der Waals surface area contributed by atoms with Crippen LogP contribution in [0.25, 0.3) is 0 Å². The molecule has 0 amide bonds. The highest BCUT2D eigenvalue weighted by molar-refractivity contribution is 5.27. The fourth-order valence-corrected chi connectivity index (χ4v) is 1.30. The standard InChI is InChI=1S/C11H18N2O2/c1-8(5-6-14)12-7-10-11(15)4-3-9(2)13-10/h3-4,8,12,14-15H,5-7H2,1-2H3/t8-/m1/s1. The first kappa shape index (κ1) is 11.9. The van der Waals surface area contributed by atoms with Crippen molar-refractivity contribution in [3.8, 4) is 5.75 Å². The summed E-state index contributed by atoms with van der Waals surface area (Å²) < 4.78 is 0. The first-order valence-corrected chi connectivity index (χ1v) is 5.13. The van der Waals surface area contributed by atoms with Crippen LogP contribution in [0, 0.1) is 6.92 Å². The lowest BCUT2D eigenvalue weighted by atomic mass is 10.2. The van der Waals surface area contributed by atoms with Crippen molar-refractivity contribution in [2.75, 3.05) is 6.61 Å². The molecule has 1 atom stereocenters. The van der Waals surface area contributed by atoms with Gasteiger partial charge in [-0.2, -0.15) is 0 Å². The van der Waals surface area contributed by atoms with Crippen molar-refractivity contribution in [3.05, 3.63) is 23.5 Å². The van der Waals surface area contributed by atoms with Gasteiger partial charge in [0.25, 0.3) is 0 Å². The SMILES string of the molecule is Cc1ccc(O)c(CN[C@H](C)CCO)n1. The lowest BCUT2D eigenvalue weighted by Gasteiger charge is -2.12. The Morgan fingerprint density at radius 2 is 2.20 bits per heavy atom. The van der Waals surface area contributed by atoms with Crippen LogP contribution in [0.5, 0.6) is 5.75 Å². The smallest absolute Gasteiger partial charge is 0.138 e. The number of pyridine rings is 1. The molecule has 3 N–H and O–H groups in total. The van der Waals surface area contributed by atoms with Gasteiger partial charge in [-0.1, -0.05) is 0 Å². The van der Waals surface area contributed by atoms with Gasteiger partial charge in [-0.05, 0) is 32.4 Å². The average Bonchev–Trinajstić information content (AvgIpc) is 2.20. The van der Waals surface area contributed by atoms with Gasteiger partial charge >= 0.3 is 0 Å². The van der Waals surface area contributed by atoms with Crippen LogP contribution in [0.2, 0.25) is 0 Å². The van der Waals surface area contributed by atoms with Gasteiger partial charge in [-0.25, -0.2) is 0 Å². The zero-order valence-electron chi connectivity index (χ0n) is 9.20. The van der Waals surface area contributed by atoms with Crippen LogP contribution in [0.15, 0.2) is 12.1 Å². The van der Waals surface area contributed by atoms with E-state index in [4.69, 9.17) is 5.11 Å². The highest BCUT2D eigenvalue weighted by Gasteiger charge is 2.05. The van der Waals surface area contributed by atoms with E-state index in [1.807, 2.05) is 13.8 Å². The Balaban J connectivity index is 2.53. The molecule has 0 aromatic carbocycles. The van der Waals surface area contributed by atoms with Gasteiger partial charge < -0.3 is 15.5 Å². The monoisotopic (exact) mass is 210 g/mol. The van der Waals surface area contributed by atoms with Gasteiger partial charge in [-0.3, -0.25) is 4.98 Å². The molecule has 1 rings (SSSR count). The van der Waals surface area contributed by atoms with Crippen molar-refractivity contribution in [2.45, 2.75) is 32.9 Å². The number of hydrogen-bond donors (Lipinski definition) is 3. The van der Waals surface area contributed by atoms with Crippen LogP contribution >= 0.6 is 0 Å². The van der Waals surface area contributed by atoms with Crippen LogP contribution in [-0.2, 0) is 6.54 Å². The van der Waals surface area contributed by atoms with Crippen molar-refractivity contribution >= 4 is 0 Å². The van der Waals surface area contributed by atoms with Crippen LogP contribution in [-0.4, -0.2) is 27.8 Å². The van der Waals surface area contributed by atoms with E-state index in [1.165, 1.54) is 0 Å². The minimum Gasteiger partial charge on any atom is -0.506 e. The maximum Gasteiger partial charge on any atom is 0.138 e. The van der Waals surface area contributed by atoms with Crippen LogP contribution in [0.3, 0.4) is 0 Å². The molecule has 0 fully saturated rings. The molecule has 0 aliphatic rings. The zero-order chi connectivity index (χ0) is 11.3. The first-order valence-electron chi connectivity index (χ1n) is 5.13. The normalized spacial score (nSPS) is 12.7. The molecular formula is C11H18N2O2. The summed E-state index contributed by atoms with van der Waals surface area (Å²) in [4.78, 5) is 4.23. The predicted molar refractivity (Wildman–Crippen MR) is 58.6 cm³/mol. The van der Waals surface area contributed by atoms with E-state index in [1.54, 1.807) is 12.1 Å². The third kappa shape index (κ3) is 3.85. The average molecular weight is 210 g/mol. The minimum absolute atomic E-state index is 0.168. The van der Waals surface area contributed by atoms with Crippen LogP contribution in [0.1, 0.15) is 24.7 Å². The van der Waals surface area contributed by atoms with E-state index in [9.17, 15) is 5.11 Å². The Morgan fingerprint density at radius 1 is 1.47 bits per heavy atom. The van der Waals surface area contributed by atoms with Crippen LogP contribution < -0.4 is 5.32 Å². The van der Waals surface area contributed by atoms with Crippen molar-refractivity contribution < 1.29 is 10.2 Å². The second-order valence-electron chi connectivity index (χ2n) is 3.71. The molecule has 0 spiro atoms. The summed E-state index contributed by atoms with van der Waals surface area (Å²) in [5.41, 5.74) is 1.54. The van der Waals surface area contributed by atoms with Gasteiger partial charge in [0.1, 0.15) is 5.75 Å². The number of hydrogen-bond acceptors (Lipinski definition) is 4. The van der Waals surface area contributed by atoms with Crippen molar-refractivity contribution in [2.24, 2.45) is 0 Å². The summed E-state index contributed by atoms with van der Waals surface area (Å²) in [5, 5.41) is 21.4. The Hall–Kier alpha value is -1.13. The molecule has 4 nitrogen and oxygen atoms in total.